The van der Waals surface area contributed by atoms with E-state index >= 15 is 0 Å². The number of nitrogens with zero attached hydrogens (tertiary/aromatic N) is 2. The molecule has 0 N–H and O–H groups in total. The molecule has 4 saturated carbocycles. The zero-order valence-electron chi connectivity index (χ0n) is 33.4. The first-order valence-electron chi connectivity index (χ1n) is 22.6. The molecule has 4 fully saturated rings. The van der Waals surface area contributed by atoms with Gasteiger partial charge in [0.05, 0.1) is 0 Å². The van der Waals surface area contributed by atoms with E-state index in [2.05, 4.69) is 161 Å². The average molecular weight is 757 g/mol. The average Bonchev–Trinajstić information content (AvgIpc) is 4.17. The van der Waals surface area contributed by atoms with Crippen LogP contribution in [0.3, 0.4) is 0 Å². The number of anilines is 6. The number of fused-ring (bicyclic) bond motifs is 21. The van der Waals surface area contributed by atoms with Gasteiger partial charge in [0.25, 0.3) is 6.71 Å². The van der Waals surface area contributed by atoms with E-state index in [4.69, 9.17) is 0 Å². The van der Waals surface area contributed by atoms with E-state index < -0.39 is 0 Å². The van der Waals surface area contributed by atoms with Crippen molar-refractivity contribution in [3.05, 3.63) is 174 Å². The third-order valence-electron chi connectivity index (χ3n) is 17.4. The van der Waals surface area contributed by atoms with E-state index in [0.29, 0.717) is 0 Å². The second-order valence-corrected chi connectivity index (χ2v) is 19.6. The summed E-state index contributed by atoms with van der Waals surface area (Å²) >= 11 is 0. The van der Waals surface area contributed by atoms with Gasteiger partial charge in [0, 0.05) is 50.5 Å². The summed E-state index contributed by atoms with van der Waals surface area (Å²) < 4.78 is 0. The predicted molar refractivity (Wildman–Crippen MR) is 244 cm³/mol. The lowest BCUT2D eigenvalue weighted by Gasteiger charge is -2.45. The topological polar surface area (TPSA) is 6.48 Å². The molecule has 2 spiro atoms. The van der Waals surface area contributed by atoms with Crippen molar-refractivity contribution in [1.29, 1.82) is 0 Å². The molecule has 2 aliphatic heterocycles. The van der Waals surface area contributed by atoms with Crippen molar-refractivity contribution in [2.24, 2.45) is 23.7 Å². The Bertz CT molecular complexity index is 2990. The van der Waals surface area contributed by atoms with Crippen LogP contribution in [0.15, 0.2) is 152 Å². The highest BCUT2D eigenvalue weighted by molar-refractivity contribution is 7.00. The summed E-state index contributed by atoms with van der Waals surface area (Å²) in [5, 5.41) is 0. The van der Waals surface area contributed by atoms with Crippen LogP contribution in [0, 0.1) is 23.7 Å². The minimum Gasteiger partial charge on any atom is -0.311 e. The Balaban J connectivity index is 1.04. The zero-order valence-corrected chi connectivity index (χ0v) is 33.4. The molecule has 8 aliphatic rings. The predicted octanol–water partition coefficient (Wildman–Crippen LogP) is 11.9. The molecular weight excluding hydrogens is 711 g/mol. The molecular formula is C56H45BN2. The summed E-state index contributed by atoms with van der Waals surface area (Å²) in [6, 6.07) is 59.5. The summed E-state index contributed by atoms with van der Waals surface area (Å²) in [4.78, 5) is 5.30. The van der Waals surface area contributed by atoms with Gasteiger partial charge in [0.15, 0.2) is 0 Å². The summed E-state index contributed by atoms with van der Waals surface area (Å²) in [6.45, 7) is 0.119. The van der Waals surface area contributed by atoms with E-state index in [9.17, 15) is 0 Å². The van der Waals surface area contributed by atoms with Crippen LogP contribution < -0.4 is 26.2 Å². The van der Waals surface area contributed by atoms with E-state index in [1.54, 1.807) is 22.3 Å². The minimum absolute atomic E-state index is 0.110. The Hall–Kier alpha value is -5.80. The lowest BCUT2D eigenvalue weighted by molar-refractivity contribution is 0.327. The van der Waals surface area contributed by atoms with E-state index in [1.807, 2.05) is 0 Å². The SMILES string of the molecule is c1ccc(N2c3ccccc3B3c4ccc5c(c4N(c4ccc6c(c4)[C@]4(CC7CC[C@H]4C7)c4ccccc4-6)c4cccc2c43)-c2ccccc2[C@]52CC3CCC2C3)cc1. The van der Waals surface area contributed by atoms with Gasteiger partial charge in [0.1, 0.15) is 0 Å². The maximum Gasteiger partial charge on any atom is 0.252 e. The molecule has 3 heteroatoms. The zero-order chi connectivity index (χ0) is 38.2. The molecule has 6 atom stereocenters. The lowest BCUT2D eigenvalue weighted by atomic mass is 9.33. The van der Waals surface area contributed by atoms with Crippen molar-refractivity contribution in [3.8, 4) is 22.3 Å². The first kappa shape index (κ1) is 32.1. The molecule has 282 valence electrons. The van der Waals surface area contributed by atoms with Crippen molar-refractivity contribution < 1.29 is 0 Å². The van der Waals surface area contributed by atoms with Gasteiger partial charge >= 0.3 is 0 Å². The number of hydrogen-bond acceptors (Lipinski definition) is 2. The maximum absolute atomic E-state index is 2.77. The molecule has 0 aromatic heterocycles. The Morgan fingerprint density at radius 2 is 1.07 bits per heavy atom. The summed E-state index contributed by atoms with van der Waals surface area (Å²) in [6.07, 6.45) is 10.8. The summed E-state index contributed by atoms with van der Waals surface area (Å²) in [5.41, 5.74) is 24.6. The molecule has 59 heavy (non-hydrogen) atoms. The molecule has 7 aromatic carbocycles. The molecule has 6 aliphatic carbocycles. The first-order valence-corrected chi connectivity index (χ1v) is 22.6. The van der Waals surface area contributed by atoms with Crippen LogP contribution in [0.5, 0.6) is 0 Å². The fourth-order valence-corrected chi connectivity index (χ4v) is 15.5. The monoisotopic (exact) mass is 756 g/mol. The Kier molecular flexibility index (Phi) is 6.02. The lowest BCUT2D eigenvalue weighted by Crippen LogP contribution is -2.61. The highest BCUT2D eigenvalue weighted by Gasteiger charge is 2.59. The molecule has 0 amide bonds. The number of para-hydroxylation sites is 2. The highest BCUT2D eigenvalue weighted by atomic mass is 15.2. The van der Waals surface area contributed by atoms with Crippen LogP contribution in [0.4, 0.5) is 34.1 Å². The van der Waals surface area contributed by atoms with Gasteiger partial charge in [-0.15, -0.1) is 0 Å². The molecule has 15 rings (SSSR count). The maximum atomic E-state index is 2.77. The van der Waals surface area contributed by atoms with Crippen LogP contribution in [-0.4, -0.2) is 6.71 Å². The third-order valence-corrected chi connectivity index (χ3v) is 17.4. The van der Waals surface area contributed by atoms with Crippen LogP contribution >= 0.6 is 0 Å². The Morgan fingerprint density at radius 3 is 1.81 bits per heavy atom. The molecule has 4 bridgehead atoms. The van der Waals surface area contributed by atoms with Crippen LogP contribution in [0.1, 0.15) is 73.6 Å². The van der Waals surface area contributed by atoms with Gasteiger partial charge in [-0.2, -0.15) is 0 Å². The highest BCUT2D eigenvalue weighted by Crippen LogP contribution is 2.69. The minimum atomic E-state index is 0.110. The van der Waals surface area contributed by atoms with Gasteiger partial charge in [-0.3, -0.25) is 0 Å². The number of benzene rings is 7. The van der Waals surface area contributed by atoms with Gasteiger partial charge < -0.3 is 9.80 Å². The van der Waals surface area contributed by atoms with Gasteiger partial charge in [-0.05, 0) is 160 Å². The van der Waals surface area contributed by atoms with Gasteiger partial charge in [-0.25, -0.2) is 0 Å². The van der Waals surface area contributed by atoms with Crippen molar-refractivity contribution >= 4 is 57.2 Å². The molecule has 3 unspecified atom stereocenters. The van der Waals surface area contributed by atoms with Crippen molar-refractivity contribution in [1.82, 2.24) is 0 Å². The number of hydrogen-bond donors (Lipinski definition) is 0. The van der Waals surface area contributed by atoms with E-state index in [0.717, 1.165) is 23.7 Å². The van der Waals surface area contributed by atoms with Crippen LogP contribution in [0.2, 0.25) is 0 Å². The van der Waals surface area contributed by atoms with Gasteiger partial charge in [0.2, 0.25) is 0 Å². The van der Waals surface area contributed by atoms with E-state index in [-0.39, 0.29) is 17.5 Å². The molecule has 7 aromatic rings. The molecule has 2 nitrogen and oxygen atoms in total. The standard InChI is InChI=1S/C56H45BN2/c1-2-11-38(12-3-1)58-49-18-9-8-17-47(49)57-48-28-27-45-52(42-14-5-7-16-44(42)55(45)32-34-21-23-36(55)29-34)54(48)59(51-20-10-19-50(58)53(51)57)39-25-26-41-40-13-4-6-15-43(40)56(46(41)31-39)33-35-22-24-37(56)30-35/h1-20,25-28,31,34-37H,21-24,29-30,32-33H2/t34?,35?,36?,37-,55+,56-/m0/s1. The summed E-state index contributed by atoms with van der Waals surface area (Å²) in [5.74, 6) is 3.11. The second-order valence-electron chi connectivity index (χ2n) is 19.6. The molecule has 0 radical (unpaired) electrons. The van der Waals surface area contributed by atoms with E-state index in [1.165, 1.54) is 124 Å². The normalized spacial score (nSPS) is 27.5. The third kappa shape index (κ3) is 3.75. The molecule has 0 saturated heterocycles. The smallest absolute Gasteiger partial charge is 0.252 e. The largest absolute Gasteiger partial charge is 0.311 e. The summed E-state index contributed by atoms with van der Waals surface area (Å²) in [7, 11) is 0. The fourth-order valence-electron chi connectivity index (χ4n) is 15.5. The first-order chi connectivity index (χ1) is 29.2. The van der Waals surface area contributed by atoms with Crippen molar-refractivity contribution in [3.63, 3.8) is 0 Å². The van der Waals surface area contributed by atoms with Crippen molar-refractivity contribution in [2.75, 3.05) is 9.80 Å². The van der Waals surface area contributed by atoms with Crippen LogP contribution in [-0.2, 0) is 10.8 Å². The van der Waals surface area contributed by atoms with Crippen molar-refractivity contribution in [2.45, 2.75) is 62.2 Å². The van der Waals surface area contributed by atoms with Crippen LogP contribution in [0.25, 0.3) is 22.3 Å². The molecule has 2 heterocycles. The Labute approximate surface area is 347 Å². The quantitative estimate of drug-likeness (QED) is 0.162. The fraction of sp³-hybridized carbons (Fsp3) is 0.250. The number of rotatable bonds is 2. The Morgan fingerprint density at radius 1 is 0.441 bits per heavy atom. The second kappa shape index (κ2) is 11.1. The van der Waals surface area contributed by atoms with Gasteiger partial charge in [-0.1, -0.05) is 122 Å².